The first-order chi connectivity index (χ1) is 15.3. The van der Waals surface area contributed by atoms with Crippen molar-refractivity contribution in [2.75, 3.05) is 12.0 Å². The summed E-state index contributed by atoms with van der Waals surface area (Å²) in [4.78, 5) is 39.3. The largest absolute Gasteiger partial charge is 0.468 e. The van der Waals surface area contributed by atoms with Gasteiger partial charge in [-0.1, -0.05) is 30.3 Å². The number of methoxy groups -OCH3 is 1. The molecule has 1 aromatic heterocycles. The number of fused-ring (bicyclic) bond motifs is 1. The standard InChI is InChI=1S/C24H21N3O4S/c1-14-7-6-10-19(15(14)2)27-23(30)18(22(29)25-24(27)32)11-16-12-26(13-21(28)31-3)20-9-5-4-8-17(16)20/h4-12H,13H2,1-3H3,(H,25,29,32)/b18-11+. The SMILES string of the molecule is COC(=O)Cn1cc(/C=C2\C(=O)NC(=S)N(c3cccc(C)c3C)C2=O)c2ccccc21. The number of hydrogen-bond donors (Lipinski definition) is 1. The molecule has 2 aromatic carbocycles. The molecule has 1 N–H and O–H groups in total. The number of hydrogen-bond acceptors (Lipinski definition) is 5. The zero-order chi connectivity index (χ0) is 23.0. The number of benzene rings is 2. The Kier molecular flexibility index (Phi) is 5.63. The Morgan fingerprint density at radius 2 is 1.88 bits per heavy atom. The number of amides is 2. The quantitative estimate of drug-likeness (QED) is 0.287. The lowest BCUT2D eigenvalue weighted by Gasteiger charge is -2.30. The van der Waals surface area contributed by atoms with Crippen molar-refractivity contribution < 1.29 is 19.1 Å². The van der Waals surface area contributed by atoms with Crippen LogP contribution < -0.4 is 10.2 Å². The minimum atomic E-state index is -0.564. The second-order valence-electron chi connectivity index (χ2n) is 7.48. The highest BCUT2D eigenvalue weighted by atomic mass is 32.1. The monoisotopic (exact) mass is 447 g/mol. The van der Waals surface area contributed by atoms with Crippen molar-refractivity contribution in [3.63, 3.8) is 0 Å². The van der Waals surface area contributed by atoms with E-state index in [9.17, 15) is 14.4 Å². The van der Waals surface area contributed by atoms with Gasteiger partial charge in [0, 0.05) is 22.7 Å². The lowest BCUT2D eigenvalue weighted by molar-refractivity contribution is -0.141. The highest BCUT2D eigenvalue weighted by molar-refractivity contribution is 7.80. The number of carbonyl (C=O) groups is 3. The second-order valence-corrected chi connectivity index (χ2v) is 7.87. The fourth-order valence-electron chi connectivity index (χ4n) is 3.73. The van der Waals surface area contributed by atoms with Crippen molar-refractivity contribution in [3.05, 3.63) is 70.9 Å². The fraction of sp³-hybridized carbons (Fsp3) is 0.167. The molecule has 7 nitrogen and oxygen atoms in total. The van der Waals surface area contributed by atoms with E-state index in [-0.39, 0.29) is 17.2 Å². The Labute approximate surface area is 190 Å². The number of esters is 1. The molecule has 1 saturated heterocycles. The molecule has 0 atom stereocenters. The third-order valence-corrected chi connectivity index (χ3v) is 5.85. The van der Waals surface area contributed by atoms with Gasteiger partial charge in [0.25, 0.3) is 11.8 Å². The number of aromatic nitrogens is 1. The summed E-state index contributed by atoms with van der Waals surface area (Å²) in [5.41, 5.74) is 3.91. The smallest absolute Gasteiger partial charge is 0.325 e. The first-order valence-electron chi connectivity index (χ1n) is 9.94. The second kappa shape index (κ2) is 8.39. The zero-order valence-electron chi connectivity index (χ0n) is 17.8. The Hall–Kier alpha value is -3.78. The average Bonchev–Trinajstić information content (AvgIpc) is 3.11. The van der Waals surface area contributed by atoms with Crippen LogP contribution in [-0.4, -0.2) is 34.6 Å². The molecule has 0 aliphatic carbocycles. The van der Waals surface area contributed by atoms with Gasteiger partial charge in [-0.15, -0.1) is 0 Å². The van der Waals surface area contributed by atoms with Crippen LogP contribution in [-0.2, 0) is 25.7 Å². The predicted molar refractivity (Wildman–Crippen MR) is 126 cm³/mol. The lowest BCUT2D eigenvalue weighted by atomic mass is 10.0. The van der Waals surface area contributed by atoms with Crippen molar-refractivity contribution >= 4 is 57.8 Å². The van der Waals surface area contributed by atoms with Gasteiger partial charge in [0.1, 0.15) is 12.1 Å². The first kappa shape index (κ1) is 21.5. The molecule has 1 fully saturated rings. The number of nitrogens with one attached hydrogen (secondary N) is 1. The van der Waals surface area contributed by atoms with Gasteiger partial charge in [-0.05, 0) is 55.4 Å². The molecule has 3 aromatic rings. The minimum Gasteiger partial charge on any atom is -0.468 e. The summed E-state index contributed by atoms with van der Waals surface area (Å²) in [5.74, 6) is -1.47. The van der Waals surface area contributed by atoms with E-state index in [0.717, 1.165) is 22.0 Å². The van der Waals surface area contributed by atoms with E-state index in [4.69, 9.17) is 17.0 Å². The molecule has 8 heteroatoms. The van der Waals surface area contributed by atoms with E-state index in [0.29, 0.717) is 11.3 Å². The molecule has 2 heterocycles. The highest BCUT2D eigenvalue weighted by Crippen LogP contribution is 2.29. The van der Waals surface area contributed by atoms with Crippen LogP contribution in [0.2, 0.25) is 0 Å². The average molecular weight is 448 g/mol. The van der Waals surface area contributed by atoms with Gasteiger partial charge in [0.2, 0.25) is 0 Å². The van der Waals surface area contributed by atoms with Gasteiger partial charge in [0.15, 0.2) is 5.11 Å². The van der Waals surface area contributed by atoms with Crippen LogP contribution in [0.4, 0.5) is 5.69 Å². The molecule has 4 rings (SSSR count). The minimum absolute atomic E-state index is 0.0129. The Balaban J connectivity index is 1.81. The third-order valence-electron chi connectivity index (χ3n) is 5.56. The number of nitrogens with zero attached hydrogens (tertiary/aromatic N) is 2. The van der Waals surface area contributed by atoms with Gasteiger partial charge < -0.3 is 9.30 Å². The van der Waals surface area contributed by atoms with Crippen LogP contribution in [0.3, 0.4) is 0 Å². The van der Waals surface area contributed by atoms with Crippen LogP contribution >= 0.6 is 12.2 Å². The number of rotatable bonds is 4. The molecule has 1 aliphatic rings. The number of thiocarbonyl (C=S) groups is 1. The summed E-state index contributed by atoms with van der Waals surface area (Å²) in [6.45, 7) is 3.86. The summed E-state index contributed by atoms with van der Waals surface area (Å²) >= 11 is 5.32. The molecular weight excluding hydrogens is 426 g/mol. The molecule has 0 bridgehead atoms. The van der Waals surface area contributed by atoms with Crippen LogP contribution in [0.25, 0.3) is 17.0 Å². The molecule has 0 saturated carbocycles. The van der Waals surface area contributed by atoms with Crippen molar-refractivity contribution in [1.29, 1.82) is 0 Å². The zero-order valence-corrected chi connectivity index (χ0v) is 18.7. The summed E-state index contributed by atoms with van der Waals surface area (Å²) in [6, 6.07) is 13.0. The van der Waals surface area contributed by atoms with Gasteiger partial charge >= 0.3 is 5.97 Å². The molecular formula is C24H21N3O4S. The van der Waals surface area contributed by atoms with E-state index >= 15 is 0 Å². The summed E-state index contributed by atoms with van der Waals surface area (Å²) in [7, 11) is 1.33. The van der Waals surface area contributed by atoms with Gasteiger partial charge in [-0.25, -0.2) is 0 Å². The number of aryl methyl sites for hydroxylation is 1. The number of carbonyl (C=O) groups excluding carboxylic acids is 3. The number of anilines is 1. The van der Waals surface area contributed by atoms with E-state index in [1.807, 2.05) is 50.2 Å². The molecule has 0 radical (unpaired) electrons. The maximum atomic E-state index is 13.4. The third kappa shape index (κ3) is 3.69. The maximum absolute atomic E-state index is 13.4. The van der Waals surface area contributed by atoms with E-state index in [2.05, 4.69) is 5.32 Å². The van der Waals surface area contributed by atoms with Crippen molar-refractivity contribution in [3.8, 4) is 0 Å². The highest BCUT2D eigenvalue weighted by Gasteiger charge is 2.35. The summed E-state index contributed by atoms with van der Waals surface area (Å²) < 4.78 is 6.51. The van der Waals surface area contributed by atoms with Gasteiger partial charge in [0.05, 0.1) is 12.8 Å². The molecule has 162 valence electrons. The normalized spacial score (nSPS) is 15.4. The van der Waals surface area contributed by atoms with Crippen molar-refractivity contribution in [1.82, 2.24) is 9.88 Å². The van der Waals surface area contributed by atoms with E-state index < -0.39 is 17.8 Å². The molecule has 0 unspecified atom stereocenters. The molecule has 1 aliphatic heterocycles. The fourth-order valence-corrected chi connectivity index (χ4v) is 4.01. The Morgan fingerprint density at radius 3 is 2.62 bits per heavy atom. The van der Waals surface area contributed by atoms with Gasteiger partial charge in [-0.3, -0.25) is 24.6 Å². The van der Waals surface area contributed by atoms with Crippen LogP contribution in [0, 0.1) is 13.8 Å². The van der Waals surface area contributed by atoms with E-state index in [1.165, 1.54) is 18.1 Å². The van der Waals surface area contributed by atoms with E-state index in [1.54, 1.807) is 16.8 Å². The molecule has 0 spiro atoms. The topological polar surface area (TPSA) is 80.6 Å². The summed E-state index contributed by atoms with van der Waals surface area (Å²) in [5, 5.41) is 3.46. The Bertz CT molecular complexity index is 1320. The first-order valence-corrected chi connectivity index (χ1v) is 10.3. The van der Waals surface area contributed by atoms with Crippen LogP contribution in [0.1, 0.15) is 16.7 Å². The lowest BCUT2D eigenvalue weighted by Crippen LogP contribution is -2.54. The summed E-state index contributed by atoms with van der Waals surface area (Å²) in [6.07, 6.45) is 3.26. The number of ether oxygens (including phenoxy) is 1. The van der Waals surface area contributed by atoms with Crippen molar-refractivity contribution in [2.24, 2.45) is 0 Å². The van der Waals surface area contributed by atoms with Crippen molar-refractivity contribution in [2.45, 2.75) is 20.4 Å². The number of para-hydroxylation sites is 1. The van der Waals surface area contributed by atoms with Crippen LogP contribution in [0.15, 0.2) is 54.2 Å². The predicted octanol–water partition coefficient (Wildman–Crippen LogP) is 3.26. The molecule has 2 amide bonds. The van der Waals surface area contributed by atoms with Crippen LogP contribution in [0.5, 0.6) is 0 Å². The maximum Gasteiger partial charge on any atom is 0.325 e. The van der Waals surface area contributed by atoms with Gasteiger partial charge in [-0.2, -0.15) is 0 Å². The Morgan fingerprint density at radius 1 is 1.12 bits per heavy atom. The molecule has 32 heavy (non-hydrogen) atoms.